The largest absolute Gasteiger partial charge is 0.475 e. The number of hydrogen-bond acceptors (Lipinski definition) is 5. The molecule has 0 radical (unpaired) electrons. The van der Waals surface area contributed by atoms with Gasteiger partial charge in [-0.15, -0.1) is 11.8 Å². The summed E-state index contributed by atoms with van der Waals surface area (Å²) in [5.41, 5.74) is 0.479. The summed E-state index contributed by atoms with van der Waals surface area (Å²) >= 11 is 3.11. The Morgan fingerprint density at radius 2 is 1.86 bits per heavy atom. The Labute approximate surface area is 130 Å². The van der Waals surface area contributed by atoms with Gasteiger partial charge in [-0.25, -0.2) is 4.79 Å². The number of ketones is 2. The van der Waals surface area contributed by atoms with Crippen LogP contribution in [0.2, 0.25) is 0 Å². The molecule has 1 aliphatic heterocycles. The Bertz CT molecular complexity index is 632. The Morgan fingerprint density at radius 3 is 2.43 bits per heavy atom. The summed E-state index contributed by atoms with van der Waals surface area (Å²) in [6, 6.07) is 9.87. The van der Waals surface area contributed by atoms with Crippen LogP contribution in [0.5, 0.6) is 0 Å². The van der Waals surface area contributed by atoms with Gasteiger partial charge < -0.3 is 5.11 Å². The number of aliphatic carboxylic acids is 1. The molecule has 1 aliphatic rings. The summed E-state index contributed by atoms with van der Waals surface area (Å²) in [6.45, 7) is 0. The van der Waals surface area contributed by atoms with Gasteiger partial charge in [0.25, 0.3) is 0 Å². The van der Waals surface area contributed by atoms with E-state index in [0.717, 1.165) is 9.13 Å². The highest BCUT2D eigenvalue weighted by molar-refractivity contribution is 8.22. The van der Waals surface area contributed by atoms with Crippen LogP contribution in [0, 0.1) is 0 Å². The van der Waals surface area contributed by atoms with Crippen LogP contribution in [0.4, 0.5) is 0 Å². The lowest BCUT2D eigenvalue weighted by Crippen LogP contribution is -2.19. The maximum absolute atomic E-state index is 11.8. The fraction of sp³-hybridized carbons (Fsp3) is 0.133. The lowest BCUT2D eigenvalue weighted by molar-refractivity contribution is -0.149. The standard InChI is InChI=1S/C15H12O4S2/c16-12(8-13(17)15(18)19)10-6-7-14(20-9-10)21-11-4-2-1-3-5-11/h1-7H,8-9H2,(H,18,19). The molecule has 2 rings (SSSR count). The number of carboxylic acids is 1. The molecular weight excluding hydrogens is 308 g/mol. The average Bonchev–Trinajstić information content (AvgIpc) is 2.48. The summed E-state index contributed by atoms with van der Waals surface area (Å²) in [5, 5.41) is 8.49. The van der Waals surface area contributed by atoms with Gasteiger partial charge >= 0.3 is 5.97 Å². The van der Waals surface area contributed by atoms with E-state index in [2.05, 4.69) is 0 Å². The summed E-state index contributed by atoms with van der Waals surface area (Å²) in [5.74, 6) is -2.60. The number of rotatable bonds is 6. The molecule has 21 heavy (non-hydrogen) atoms. The van der Waals surface area contributed by atoms with E-state index < -0.39 is 24.0 Å². The molecule has 0 aromatic heterocycles. The number of carboxylic acid groups (broad SMARTS) is 1. The van der Waals surface area contributed by atoms with Crippen LogP contribution in [0.3, 0.4) is 0 Å². The Morgan fingerprint density at radius 1 is 1.14 bits per heavy atom. The molecule has 0 unspecified atom stereocenters. The van der Waals surface area contributed by atoms with Crippen LogP contribution in [-0.4, -0.2) is 28.4 Å². The number of hydrogen-bond donors (Lipinski definition) is 1. The SMILES string of the molecule is O=C(O)C(=O)CC(=O)C1=CC=C(Sc2ccccc2)SC1. The first-order valence-electron chi connectivity index (χ1n) is 6.12. The Kier molecular flexibility index (Phi) is 5.41. The van der Waals surface area contributed by atoms with Gasteiger partial charge in [0.05, 0.1) is 6.42 Å². The number of Topliss-reactive ketones (excluding diaryl/α,β-unsaturated/α-hetero) is 2. The van der Waals surface area contributed by atoms with Gasteiger partial charge in [0.1, 0.15) is 0 Å². The minimum absolute atomic E-state index is 0.421. The van der Waals surface area contributed by atoms with Crippen LogP contribution < -0.4 is 0 Å². The van der Waals surface area contributed by atoms with Gasteiger partial charge in [0.2, 0.25) is 5.78 Å². The van der Waals surface area contributed by atoms with Crippen LogP contribution >= 0.6 is 23.5 Å². The summed E-state index contributed by atoms with van der Waals surface area (Å²) < 4.78 is 1.06. The van der Waals surface area contributed by atoms with Gasteiger partial charge in [0, 0.05) is 20.5 Å². The van der Waals surface area contributed by atoms with E-state index in [1.54, 1.807) is 17.8 Å². The van der Waals surface area contributed by atoms with E-state index >= 15 is 0 Å². The lowest BCUT2D eigenvalue weighted by atomic mass is 10.1. The highest BCUT2D eigenvalue weighted by Crippen LogP contribution is 2.38. The smallest absolute Gasteiger partial charge is 0.372 e. The van der Waals surface area contributed by atoms with Crippen molar-refractivity contribution < 1.29 is 19.5 Å². The second kappa shape index (κ2) is 7.28. The summed E-state index contributed by atoms with van der Waals surface area (Å²) in [6.07, 6.45) is 2.92. The predicted octanol–water partition coefficient (Wildman–Crippen LogP) is 2.91. The third-order valence-electron chi connectivity index (χ3n) is 2.67. The maximum Gasteiger partial charge on any atom is 0.372 e. The van der Waals surface area contributed by atoms with Crippen molar-refractivity contribution in [2.24, 2.45) is 0 Å². The molecule has 0 saturated heterocycles. The van der Waals surface area contributed by atoms with Crippen LogP contribution in [-0.2, 0) is 14.4 Å². The topological polar surface area (TPSA) is 71.4 Å². The molecule has 1 N–H and O–H groups in total. The molecule has 0 fully saturated rings. The third-order valence-corrected chi connectivity index (χ3v) is 4.99. The first-order valence-corrected chi connectivity index (χ1v) is 7.92. The van der Waals surface area contributed by atoms with E-state index in [0.29, 0.717) is 11.3 Å². The molecule has 1 aromatic rings. The van der Waals surface area contributed by atoms with E-state index in [9.17, 15) is 14.4 Å². The summed E-state index contributed by atoms with van der Waals surface area (Å²) in [7, 11) is 0. The predicted molar refractivity (Wildman–Crippen MR) is 83.2 cm³/mol. The van der Waals surface area contributed by atoms with Gasteiger partial charge in [0.15, 0.2) is 5.78 Å². The number of carbonyl (C=O) groups excluding carboxylic acids is 2. The van der Waals surface area contributed by atoms with Gasteiger partial charge in [-0.3, -0.25) is 9.59 Å². The maximum atomic E-state index is 11.8. The quantitative estimate of drug-likeness (QED) is 0.642. The highest BCUT2D eigenvalue weighted by atomic mass is 32.2. The fourth-order valence-electron chi connectivity index (χ4n) is 1.59. The Balaban J connectivity index is 1.98. The van der Waals surface area contributed by atoms with E-state index in [1.165, 1.54) is 11.8 Å². The number of allylic oxidation sites excluding steroid dienone is 2. The minimum Gasteiger partial charge on any atom is -0.475 e. The Hall–Kier alpha value is -1.79. The zero-order valence-electron chi connectivity index (χ0n) is 10.9. The first kappa shape index (κ1) is 15.6. The van der Waals surface area contributed by atoms with Crippen molar-refractivity contribution in [3.8, 4) is 0 Å². The minimum atomic E-state index is -1.57. The molecule has 1 aromatic carbocycles. The van der Waals surface area contributed by atoms with Crippen molar-refractivity contribution in [2.45, 2.75) is 11.3 Å². The summed E-state index contributed by atoms with van der Waals surface area (Å²) in [4.78, 5) is 34.3. The van der Waals surface area contributed by atoms with E-state index in [-0.39, 0.29) is 0 Å². The second-order valence-electron chi connectivity index (χ2n) is 4.21. The van der Waals surface area contributed by atoms with E-state index in [4.69, 9.17) is 5.11 Å². The van der Waals surface area contributed by atoms with Crippen molar-refractivity contribution in [3.63, 3.8) is 0 Å². The molecule has 0 aliphatic carbocycles. The molecule has 0 saturated carbocycles. The van der Waals surface area contributed by atoms with Gasteiger partial charge in [-0.2, -0.15) is 0 Å². The van der Waals surface area contributed by atoms with Gasteiger partial charge in [-0.05, 0) is 18.2 Å². The molecule has 108 valence electrons. The van der Waals surface area contributed by atoms with Crippen molar-refractivity contribution in [1.82, 2.24) is 0 Å². The zero-order valence-corrected chi connectivity index (χ0v) is 12.6. The van der Waals surface area contributed by atoms with E-state index in [1.807, 2.05) is 36.4 Å². The number of thioether (sulfide) groups is 2. The van der Waals surface area contributed by atoms with Crippen molar-refractivity contribution in [2.75, 3.05) is 5.75 Å². The first-order chi connectivity index (χ1) is 10.1. The zero-order chi connectivity index (χ0) is 15.2. The monoisotopic (exact) mass is 320 g/mol. The third kappa shape index (κ3) is 4.61. The highest BCUT2D eigenvalue weighted by Gasteiger charge is 2.21. The average molecular weight is 320 g/mol. The molecule has 0 amide bonds. The molecule has 0 spiro atoms. The molecule has 0 bridgehead atoms. The number of benzene rings is 1. The molecular formula is C15H12O4S2. The van der Waals surface area contributed by atoms with Crippen LogP contribution in [0.1, 0.15) is 6.42 Å². The molecule has 6 heteroatoms. The second-order valence-corrected chi connectivity index (χ2v) is 6.60. The number of carbonyl (C=O) groups is 3. The van der Waals surface area contributed by atoms with Crippen LogP contribution in [0.25, 0.3) is 0 Å². The van der Waals surface area contributed by atoms with Crippen molar-refractivity contribution >= 4 is 41.1 Å². The molecule has 4 nitrogen and oxygen atoms in total. The van der Waals surface area contributed by atoms with Gasteiger partial charge in [-0.1, -0.05) is 36.0 Å². The molecule has 0 atom stereocenters. The normalized spacial score (nSPS) is 14.1. The van der Waals surface area contributed by atoms with Crippen molar-refractivity contribution in [3.05, 3.63) is 52.3 Å². The van der Waals surface area contributed by atoms with Crippen molar-refractivity contribution in [1.29, 1.82) is 0 Å². The van der Waals surface area contributed by atoms with Crippen LogP contribution in [0.15, 0.2) is 57.2 Å². The lowest BCUT2D eigenvalue weighted by Gasteiger charge is -2.12. The fourth-order valence-corrected chi connectivity index (χ4v) is 3.67. The molecule has 1 heterocycles.